The predicted octanol–water partition coefficient (Wildman–Crippen LogP) is 2.95. The SMILES string of the molecule is CC[C@@H](C)C(=O)N=C1S[C@H]2CS(=O)(=O)C[C@@H]2N1c1cc(C)ccc1C. The van der Waals surface area contributed by atoms with Crippen molar-refractivity contribution < 1.29 is 13.2 Å². The predicted molar refractivity (Wildman–Crippen MR) is 104 cm³/mol. The second-order valence-electron chi connectivity index (χ2n) is 7.00. The highest BCUT2D eigenvalue weighted by Gasteiger charge is 2.49. The number of thioether (sulfide) groups is 1. The standard InChI is InChI=1S/C18H24N2O3S2/c1-5-12(3)17(21)19-18-20(14-8-11(2)6-7-13(14)4)15-9-25(22,23)10-16(15)24-18/h6-8,12,15-16H,5,9-10H2,1-4H3/t12-,15+,16+/m1/s1. The zero-order valence-electron chi connectivity index (χ0n) is 15.0. The van der Waals surface area contributed by atoms with Gasteiger partial charge in [0.05, 0.1) is 17.5 Å². The first kappa shape index (κ1) is 18.5. The first-order valence-corrected chi connectivity index (χ1v) is 11.3. The number of benzene rings is 1. The third-order valence-corrected chi connectivity index (χ3v) is 8.14. The topological polar surface area (TPSA) is 66.8 Å². The van der Waals surface area contributed by atoms with E-state index in [0.29, 0.717) is 5.17 Å². The molecular weight excluding hydrogens is 356 g/mol. The monoisotopic (exact) mass is 380 g/mol. The zero-order valence-corrected chi connectivity index (χ0v) is 16.7. The summed E-state index contributed by atoms with van der Waals surface area (Å²) in [4.78, 5) is 18.7. The number of hydrogen-bond acceptors (Lipinski definition) is 4. The second-order valence-corrected chi connectivity index (χ2v) is 10.4. The molecular formula is C18H24N2O3S2. The molecule has 25 heavy (non-hydrogen) atoms. The van der Waals surface area contributed by atoms with E-state index < -0.39 is 9.84 Å². The highest BCUT2D eigenvalue weighted by molar-refractivity contribution is 8.16. The van der Waals surface area contributed by atoms with E-state index in [1.54, 1.807) is 0 Å². The number of nitrogens with zero attached hydrogens (tertiary/aromatic N) is 2. The molecule has 5 nitrogen and oxygen atoms in total. The van der Waals surface area contributed by atoms with Crippen LogP contribution in [0.1, 0.15) is 31.4 Å². The van der Waals surface area contributed by atoms with E-state index in [0.717, 1.165) is 23.2 Å². The Morgan fingerprint density at radius 1 is 1.36 bits per heavy atom. The van der Waals surface area contributed by atoms with Gasteiger partial charge in [0, 0.05) is 16.9 Å². The fourth-order valence-electron chi connectivity index (χ4n) is 3.20. The van der Waals surface area contributed by atoms with Crippen LogP contribution in [0.4, 0.5) is 5.69 Å². The Bertz CT molecular complexity index is 833. The molecule has 0 N–H and O–H groups in total. The summed E-state index contributed by atoms with van der Waals surface area (Å²) in [5.74, 6) is 0.00956. The molecule has 0 unspecified atom stereocenters. The normalized spacial score (nSPS) is 27.5. The Labute approximate surface area is 153 Å². The number of fused-ring (bicyclic) bond motifs is 1. The number of hydrogen-bond donors (Lipinski definition) is 0. The van der Waals surface area contributed by atoms with Gasteiger partial charge in [-0.15, -0.1) is 0 Å². The number of sulfone groups is 1. The third-order valence-electron chi connectivity index (χ3n) is 4.93. The molecule has 1 amide bonds. The highest BCUT2D eigenvalue weighted by Crippen LogP contribution is 2.42. The van der Waals surface area contributed by atoms with Gasteiger partial charge < -0.3 is 4.90 Å². The minimum Gasteiger partial charge on any atom is -0.315 e. The largest absolute Gasteiger partial charge is 0.315 e. The maximum atomic E-state index is 12.4. The molecule has 0 spiro atoms. The molecule has 2 aliphatic heterocycles. The zero-order chi connectivity index (χ0) is 18.4. The molecule has 3 atom stereocenters. The summed E-state index contributed by atoms with van der Waals surface area (Å²) in [5.41, 5.74) is 3.11. The van der Waals surface area contributed by atoms with Crippen molar-refractivity contribution in [3.05, 3.63) is 29.3 Å². The first-order valence-electron chi connectivity index (χ1n) is 8.58. The summed E-state index contributed by atoms with van der Waals surface area (Å²) >= 11 is 1.43. The number of aryl methyl sites for hydroxylation is 2. The van der Waals surface area contributed by atoms with Gasteiger partial charge in [-0.25, -0.2) is 8.42 Å². The molecule has 1 aromatic carbocycles. The number of rotatable bonds is 3. The van der Waals surface area contributed by atoms with Gasteiger partial charge in [-0.1, -0.05) is 37.7 Å². The third kappa shape index (κ3) is 3.62. The van der Waals surface area contributed by atoms with Crippen molar-refractivity contribution in [3.63, 3.8) is 0 Å². The Kier molecular flexibility index (Phi) is 4.99. The summed E-state index contributed by atoms with van der Waals surface area (Å²) in [6.07, 6.45) is 0.741. The van der Waals surface area contributed by atoms with E-state index in [1.807, 2.05) is 50.8 Å². The summed E-state index contributed by atoms with van der Waals surface area (Å²) < 4.78 is 24.2. The van der Waals surface area contributed by atoms with Crippen LogP contribution in [0.2, 0.25) is 0 Å². The Hall–Kier alpha value is -1.34. The van der Waals surface area contributed by atoms with Gasteiger partial charge in [-0.2, -0.15) is 4.99 Å². The molecule has 2 saturated heterocycles. The Morgan fingerprint density at radius 2 is 2.08 bits per heavy atom. The number of anilines is 1. The lowest BCUT2D eigenvalue weighted by molar-refractivity contribution is -0.121. The van der Waals surface area contributed by atoms with Crippen molar-refractivity contribution in [2.75, 3.05) is 16.4 Å². The van der Waals surface area contributed by atoms with Crippen molar-refractivity contribution >= 4 is 38.4 Å². The van der Waals surface area contributed by atoms with Crippen LogP contribution in [0, 0.1) is 19.8 Å². The molecule has 1 aromatic rings. The van der Waals surface area contributed by atoms with Crippen LogP contribution < -0.4 is 4.90 Å². The van der Waals surface area contributed by atoms with Crippen LogP contribution in [0.15, 0.2) is 23.2 Å². The number of carbonyl (C=O) groups excluding carboxylic acids is 1. The van der Waals surface area contributed by atoms with Crippen LogP contribution in [-0.2, 0) is 14.6 Å². The fourth-order valence-corrected chi connectivity index (χ4v) is 7.12. The molecule has 0 bridgehead atoms. The van der Waals surface area contributed by atoms with Gasteiger partial charge in [0.15, 0.2) is 15.0 Å². The maximum absolute atomic E-state index is 12.4. The van der Waals surface area contributed by atoms with E-state index in [1.165, 1.54) is 11.8 Å². The van der Waals surface area contributed by atoms with Gasteiger partial charge >= 0.3 is 0 Å². The summed E-state index contributed by atoms with van der Waals surface area (Å²) in [6.45, 7) is 7.86. The average Bonchev–Trinajstić information content (AvgIpc) is 3.00. The molecule has 0 saturated carbocycles. The lowest BCUT2D eigenvalue weighted by atomic mass is 10.1. The summed E-state index contributed by atoms with van der Waals surface area (Å²) in [5, 5.41) is 0.581. The number of amidine groups is 1. The summed E-state index contributed by atoms with van der Waals surface area (Å²) in [7, 11) is -3.04. The molecule has 7 heteroatoms. The molecule has 2 aliphatic rings. The second kappa shape index (κ2) is 6.76. The van der Waals surface area contributed by atoms with Crippen molar-refractivity contribution in [1.29, 1.82) is 0 Å². The fraction of sp³-hybridized carbons (Fsp3) is 0.556. The van der Waals surface area contributed by atoms with Gasteiger partial charge in [0.25, 0.3) is 5.91 Å². The van der Waals surface area contributed by atoms with Gasteiger partial charge in [-0.3, -0.25) is 4.79 Å². The summed E-state index contributed by atoms with van der Waals surface area (Å²) in [6, 6.07) is 5.96. The molecule has 0 aliphatic carbocycles. The minimum absolute atomic E-state index is 0.0617. The van der Waals surface area contributed by atoms with Crippen molar-refractivity contribution in [1.82, 2.24) is 0 Å². The quantitative estimate of drug-likeness (QED) is 0.806. The molecule has 0 radical (unpaired) electrons. The van der Waals surface area contributed by atoms with Crippen LogP contribution >= 0.6 is 11.8 Å². The van der Waals surface area contributed by atoms with E-state index in [2.05, 4.69) is 4.99 Å². The molecule has 3 rings (SSSR count). The first-order chi connectivity index (χ1) is 11.7. The number of carbonyl (C=O) groups is 1. The molecule has 136 valence electrons. The van der Waals surface area contributed by atoms with Crippen molar-refractivity contribution in [2.24, 2.45) is 10.9 Å². The van der Waals surface area contributed by atoms with Crippen LogP contribution in [0.3, 0.4) is 0 Å². The van der Waals surface area contributed by atoms with Crippen LogP contribution in [0.25, 0.3) is 0 Å². The number of amides is 1. The van der Waals surface area contributed by atoms with E-state index >= 15 is 0 Å². The van der Waals surface area contributed by atoms with Gasteiger partial charge in [-0.05, 0) is 37.5 Å². The smallest absolute Gasteiger partial charge is 0.250 e. The molecule has 0 aromatic heterocycles. The van der Waals surface area contributed by atoms with Crippen molar-refractivity contribution in [2.45, 2.75) is 45.4 Å². The van der Waals surface area contributed by atoms with Crippen LogP contribution in [-0.4, -0.2) is 42.3 Å². The Balaban J connectivity index is 2.05. The van der Waals surface area contributed by atoms with E-state index in [-0.39, 0.29) is 34.6 Å². The lowest BCUT2D eigenvalue weighted by Crippen LogP contribution is -2.38. The molecule has 2 heterocycles. The minimum atomic E-state index is -3.04. The van der Waals surface area contributed by atoms with Crippen molar-refractivity contribution in [3.8, 4) is 0 Å². The average molecular weight is 381 g/mol. The van der Waals surface area contributed by atoms with E-state index in [4.69, 9.17) is 0 Å². The maximum Gasteiger partial charge on any atom is 0.250 e. The lowest BCUT2D eigenvalue weighted by Gasteiger charge is -2.26. The molecule has 2 fully saturated rings. The van der Waals surface area contributed by atoms with E-state index in [9.17, 15) is 13.2 Å². The number of aliphatic imine (C=N–C) groups is 1. The highest BCUT2D eigenvalue weighted by atomic mass is 32.2. The van der Waals surface area contributed by atoms with Crippen LogP contribution in [0.5, 0.6) is 0 Å². The Morgan fingerprint density at radius 3 is 2.76 bits per heavy atom. The van der Waals surface area contributed by atoms with Gasteiger partial charge in [0.1, 0.15) is 0 Å². The van der Waals surface area contributed by atoms with Gasteiger partial charge in [0.2, 0.25) is 0 Å².